The molecular weight excluding hydrogens is 336 g/mol. The van der Waals surface area contributed by atoms with Gasteiger partial charge in [0.05, 0.1) is 0 Å². The van der Waals surface area contributed by atoms with Gasteiger partial charge in [-0.1, -0.05) is 17.7 Å². The van der Waals surface area contributed by atoms with E-state index in [-0.39, 0.29) is 5.56 Å². The Labute approximate surface area is 122 Å². The molecule has 6 nitrogen and oxygen atoms in total. The molecule has 0 aliphatic rings. The minimum absolute atomic E-state index is 0.348. The number of fused-ring (bicyclic) bond motifs is 1. The third kappa shape index (κ3) is 2.28. The Bertz CT molecular complexity index is 796. The van der Waals surface area contributed by atoms with Crippen molar-refractivity contribution in [2.75, 3.05) is 0 Å². The van der Waals surface area contributed by atoms with Crippen LogP contribution >= 0.6 is 27.5 Å². The van der Waals surface area contributed by atoms with E-state index in [2.05, 4.69) is 20.9 Å². The van der Waals surface area contributed by atoms with Crippen LogP contribution in [0.1, 0.15) is 6.92 Å². The fourth-order valence-electron chi connectivity index (χ4n) is 1.80. The van der Waals surface area contributed by atoms with E-state index in [1.807, 2.05) is 0 Å². The van der Waals surface area contributed by atoms with Crippen LogP contribution in [-0.2, 0) is 20.6 Å². The summed E-state index contributed by atoms with van der Waals surface area (Å²) in [6.07, 6.45) is 1.76. The summed E-state index contributed by atoms with van der Waals surface area (Å²) in [6.45, 7) is 2.16. The van der Waals surface area contributed by atoms with Crippen LogP contribution in [0.4, 0.5) is 0 Å². The van der Waals surface area contributed by atoms with Gasteiger partial charge in [0.2, 0.25) is 0 Å². The summed E-state index contributed by atoms with van der Waals surface area (Å²) in [5.41, 5.74) is -0.0677. The molecule has 0 saturated carbocycles. The van der Waals surface area contributed by atoms with E-state index in [0.717, 1.165) is 4.57 Å². The van der Waals surface area contributed by atoms with Crippen molar-refractivity contribution in [3.8, 4) is 0 Å². The van der Waals surface area contributed by atoms with Crippen molar-refractivity contribution in [3.63, 3.8) is 0 Å². The van der Waals surface area contributed by atoms with Crippen molar-refractivity contribution in [1.29, 1.82) is 0 Å². The lowest BCUT2D eigenvalue weighted by Crippen LogP contribution is -2.37. The molecular formula is C11H12BrClN4O2. The molecule has 102 valence electrons. The maximum atomic E-state index is 12.2. The largest absolute Gasteiger partial charge is 0.332 e. The van der Waals surface area contributed by atoms with E-state index < -0.39 is 5.69 Å². The summed E-state index contributed by atoms with van der Waals surface area (Å²) in [4.78, 5) is 28.2. The second-order valence-corrected chi connectivity index (χ2v) is 5.47. The highest BCUT2D eigenvalue weighted by Gasteiger charge is 2.16. The smallest absolute Gasteiger partial charge is 0.309 e. The lowest BCUT2D eigenvalue weighted by molar-refractivity contribution is 0.703. The number of aromatic nitrogens is 4. The molecule has 0 saturated heterocycles. The van der Waals surface area contributed by atoms with Gasteiger partial charge in [-0.05, 0) is 22.9 Å². The van der Waals surface area contributed by atoms with Gasteiger partial charge in [-0.3, -0.25) is 13.9 Å². The first-order valence-electron chi connectivity index (χ1n) is 5.48. The molecule has 0 spiro atoms. The molecule has 0 amide bonds. The number of hydrogen-bond acceptors (Lipinski definition) is 3. The Hall–Kier alpha value is -1.34. The van der Waals surface area contributed by atoms with Crippen LogP contribution < -0.4 is 11.2 Å². The quantitative estimate of drug-likeness (QED) is 0.770. The summed E-state index contributed by atoms with van der Waals surface area (Å²) in [7, 11) is 3.02. The van der Waals surface area contributed by atoms with Gasteiger partial charge in [0.25, 0.3) is 5.56 Å². The van der Waals surface area contributed by atoms with Crippen molar-refractivity contribution in [1.82, 2.24) is 18.7 Å². The zero-order valence-electron chi connectivity index (χ0n) is 10.6. The van der Waals surface area contributed by atoms with Gasteiger partial charge < -0.3 is 4.57 Å². The van der Waals surface area contributed by atoms with Crippen LogP contribution in [0.15, 0.2) is 25.4 Å². The monoisotopic (exact) mass is 346 g/mol. The summed E-state index contributed by atoms with van der Waals surface area (Å²) in [5, 5.41) is 0.621. The highest BCUT2D eigenvalue weighted by atomic mass is 79.9. The maximum absolute atomic E-state index is 12.2. The van der Waals surface area contributed by atoms with Crippen LogP contribution in [0.25, 0.3) is 11.2 Å². The average Bonchev–Trinajstić information content (AvgIpc) is 2.68. The average molecular weight is 348 g/mol. The summed E-state index contributed by atoms with van der Waals surface area (Å²) >= 11 is 9.09. The number of allylic oxidation sites excluding steroid dienone is 2. The molecule has 8 heteroatoms. The van der Waals surface area contributed by atoms with Gasteiger partial charge in [-0.25, -0.2) is 9.78 Å². The lowest BCUT2D eigenvalue weighted by atomic mass is 10.4. The van der Waals surface area contributed by atoms with Gasteiger partial charge in [-0.15, -0.1) is 0 Å². The first-order chi connectivity index (χ1) is 8.84. The number of nitrogens with zero attached hydrogens (tertiary/aromatic N) is 4. The van der Waals surface area contributed by atoms with Crippen molar-refractivity contribution in [3.05, 3.63) is 36.7 Å². The summed E-state index contributed by atoms with van der Waals surface area (Å²) < 4.78 is 4.55. The zero-order valence-corrected chi connectivity index (χ0v) is 13.0. The third-order valence-corrected chi connectivity index (χ3v) is 3.62. The molecule has 0 aliphatic heterocycles. The van der Waals surface area contributed by atoms with Crippen LogP contribution in [0, 0.1) is 0 Å². The van der Waals surface area contributed by atoms with Gasteiger partial charge in [0, 0.05) is 25.7 Å². The van der Waals surface area contributed by atoms with E-state index in [0.29, 0.717) is 27.5 Å². The molecule has 0 radical (unpaired) electrons. The molecule has 0 aliphatic carbocycles. The second kappa shape index (κ2) is 4.97. The standard InChI is InChI=1S/C11H12BrClN4O2/c1-6(13)4-5-17-7-8(14-10(17)12)15(2)11(19)16(3)9(7)18/h4H,5H2,1-3H3/b6-4-. The van der Waals surface area contributed by atoms with Crippen LogP contribution in [0.2, 0.25) is 0 Å². The number of aryl methyl sites for hydroxylation is 1. The number of hydrogen-bond donors (Lipinski definition) is 0. The zero-order chi connectivity index (χ0) is 14.3. The van der Waals surface area contributed by atoms with Crippen molar-refractivity contribution >= 4 is 38.7 Å². The molecule has 2 rings (SSSR count). The molecule has 0 fully saturated rings. The second-order valence-electron chi connectivity index (χ2n) is 4.16. The Morgan fingerprint density at radius 3 is 2.58 bits per heavy atom. The molecule has 2 heterocycles. The lowest BCUT2D eigenvalue weighted by Gasteiger charge is -2.05. The molecule has 0 N–H and O–H groups in total. The number of halogens is 2. The molecule has 2 aromatic rings. The minimum Gasteiger partial charge on any atom is -0.309 e. The molecule has 0 atom stereocenters. The maximum Gasteiger partial charge on any atom is 0.332 e. The minimum atomic E-state index is -0.404. The first-order valence-corrected chi connectivity index (χ1v) is 6.65. The van der Waals surface area contributed by atoms with Crippen LogP contribution in [0.3, 0.4) is 0 Å². The van der Waals surface area contributed by atoms with Crippen LogP contribution in [0.5, 0.6) is 0 Å². The first kappa shape index (κ1) is 14.1. The Morgan fingerprint density at radius 1 is 1.37 bits per heavy atom. The fourth-order valence-corrected chi connectivity index (χ4v) is 2.36. The van der Waals surface area contributed by atoms with Crippen molar-refractivity contribution in [2.45, 2.75) is 13.5 Å². The van der Waals surface area contributed by atoms with Crippen molar-refractivity contribution in [2.24, 2.45) is 14.1 Å². The SMILES string of the molecule is C/C(Cl)=C/Cn1c(Br)nc2c1c(=O)n(C)c(=O)n2C. The van der Waals surface area contributed by atoms with E-state index in [9.17, 15) is 9.59 Å². The van der Waals surface area contributed by atoms with Gasteiger partial charge in [-0.2, -0.15) is 0 Å². The van der Waals surface area contributed by atoms with E-state index in [1.165, 1.54) is 11.6 Å². The predicted octanol–water partition coefficient (Wildman–Crippen LogP) is 1.34. The predicted molar refractivity (Wildman–Crippen MR) is 77.5 cm³/mol. The van der Waals surface area contributed by atoms with Gasteiger partial charge in [0.1, 0.15) is 0 Å². The van der Waals surface area contributed by atoms with Crippen LogP contribution in [-0.4, -0.2) is 18.7 Å². The normalized spacial score (nSPS) is 12.4. The van der Waals surface area contributed by atoms with Gasteiger partial charge in [0.15, 0.2) is 15.9 Å². The van der Waals surface area contributed by atoms with E-state index >= 15 is 0 Å². The van der Waals surface area contributed by atoms with E-state index in [1.54, 1.807) is 24.6 Å². The Kier molecular flexibility index (Phi) is 3.69. The molecule has 19 heavy (non-hydrogen) atoms. The third-order valence-electron chi connectivity index (χ3n) is 2.86. The highest BCUT2D eigenvalue weighted by molar-refractivity contribution is 9.10. The number of imidazole rings is 1. The van der Waals surface area contributed by atoms with Crippen molar-refractivity contribution < 1.29 is 0 Å². The number of rotatable bonds is 2. The Morgan fingerprint density at radius 2 is 2.00 bits per heavy atom. The fraction of sp³-hybridized carbons (Fsp3) is 0.364. The topological polar surface area (TPSA) is 61.8 Å². The molecule has 0 bridgehead atoms. The molecule has 2 aromatic heterocycles. The van der Waals surface area contributed by atoms with E-state index in [4.69, 9.17) is 11.6 Å². The van der Waals surface area contributed by atoms with Gasteiger partial charge >= 0.3 is 5.69 Å². The summed E-state index contributed by atoms with van der Waals surface area (Å²) in [5.74, 6) is 0. The highest BCUT2D eigenvalue weighted by Crippen LogP contribution is 2.16. The summed E-state index contributed by atoms with van der Waals surface area (Å²) in [6, 6.07) is 0. The molecule has 0 aromatic carbocycles. The Balaban J connectivity index is 2.87. The molecule has 0 unspecified atom stereocenters.